The molecule has 1 aliphatic heterocycles. The van der Waals surface area contributed by atoms with Gasteiger partial charge in [-0.3, -0.25) is 0 Å². The first-order valence-corrected chi connectivity index (χ1v) is 5.75. The lowest BCUT2D eigenvalue weighted by Gasteiger charge is -2.28. The van der Waals surface area contributed by atoms with Crippen LogP contribution in [0.1, 0.15) is 32.6 Å². The summed E-state index contributed by atoms with van der Waals surface area (Å²) in [4.78, 5) is 0.523. The second-order valence-corrected chi connectivity index (χ2v) is 5.11. The summed E-state index contributed by atoms with van der Waals surface area (Å²) in [6.45, 7) is 3.53. The number of hydrogen-bond acceptors (Lipinski definition) is 2. The van der Waals surface area contributed by atoms with Gasteiger partial charge in [-0.1, -0.05) is 13.3 Å². The highest BCUT2D eigenvalue weighted by Crippen LogP contribution is 2.50. The molecule has 1 atom stereocenters. The minimum absolute atomic E-state index is 0.523. The van der Waals surface area contributed by atoms with E-state index >= 15 is 0 Å². The highest BCUT2D eigenvalue weighted by atomic mass is 32.2. The quantitative estimate of drug-likeness (QED) is 0.699. The summed E-state index contributed by atoms with van der Waals surface area (Å²) in [6, 6.07) is 0. The van der Waals surface area contributed by atoms with Crippen molar-refractivity contribution in [1.29, 1.82) is 0 Å². The van der Waals surface area contributed by atoms with Crippen molar-refractivity contribution in [2.75, 3.05) is 12.3 Å². The van der Waals surface area contributed by atoms with Gasteiger partial charge < -0.3 is 5.32 Å². The molecule has 1 heterocycles. The molecule has 11 heavy (non-hydrogen) atoms. The largest absolute Gasteiger partial charge is 0.302 e. The van der Waals surface area contributed by atoms with Gasteiger partial charge in [-0.25, -0.2) is 0 Å². The Hall–Kier alpha value is 0.310. The van der Waals surface area contributed by atoms with Crippen LogP contribution in [0.3, 0.4) is 0 Å². The second-order valence-electron chi connectivity index (χ2n) is 3.69. The van der Waals surface area contributed by atoms with E-state index in [1.807, 2.05) is 0 Å². The van der Waals surface area contributed by atoms with E-state index in [0.29, 0.717) is 4.87 Å². The van der Waals surface area contributed by atoms with E-state index in [1.165, 1.54) is 38.0 Å². The van der Waals surface area contributed by atoms with Crippen molar-refractivity contribution in [3.63, 3.8) is 0 Å². The molecule has 0 aromatic heterocycles. The third-order valence-corrected chi connectivity index (χ3v) is 4.35. The highest BCUT2D eigenvalue weighted by Gasteiger charge is 2.46. The molecule has 1 saturated carbocycles. The van der Waals surface area contributed by atoms with Crippen LogP contribution >= 0.6 is 11.8 Å². The van der Waals surface area contributed by atoms with Crippen LogP contribution in [-0.4, -0.2) is 17.2 Å². The Labute approximate surface area is 73.3 Å². The minimum Gasteiger partial charge on any atom is -0.302 e. The average Bonchev–Trinajstić information content (AvgIpc) is 2.76. The van der Waals surface area contributed by atoms with Crippen molar-refractivity contribution >= 4 is 11.8 Å². The van der Waals surface area contributed by atoms with E-state index in [0.717, 1.165) is 5.92 Å². The Morgan fingerprint density at radius 2 is 2.36 bits per heavy atom. The fourth-order valence-electron chi connectivity index (χ4n) is 2.09. The highest BCUT2D eigenvalue weighted by molar-refractivity contribution is 8.00. The van der Waals surface area contributed by atoms with Gasteiger partial charge in [0.05, 0.1) is 4.87 Å². The Morgan fingerprint density at radius 3 is 2.82 bits per heavy atom. The van der Waals surface area contributed by atoms with Gasteiger partial charge in [0, 0.05) is 12.3 Å². The molecule has 2 heteroatoms. The molecule has 64 valence electrons. The van der Waals surface area contributed by atoms with E-state index in [4.69, 9.17) is 0 Å². The number of nitrogens with one attached hydrogen (secondary N) is 1. The van der Waals surface area contributed by atoms with Crippen LogP contribution in [0.4, 0.5) is 0 Å². The summed E-state index contributed by atoms with van der Waals surface area (Å²) < 4.78 is 0. The normalized spacial score (nSPS) is 37.9. The maximum atomic E-state index is 3.70. The van der Waals surface area contributed by atoms with E-state index < -0.39 is 0 Å². The Bertz CT molecular complexity index is 136. The Kier molecular flexibility index (Phi) is 2.15. The molecule has 2 fully saturated rings. The summed E-state index contributed by atoms with van der Waals surface area (Å²) >= 11 is 2.17. The van der Waals surface area contributed by atoms with Crippen LogP contribution in [0.25, 0.3) is 0 Å². The molecule has 2 rings (SSSR count). The zero-order valence-electron chi connectivity index (χ0n) is 7.23. The van der Waals surface area contributed by atoms with Crippen molar-refractivity contribution < 1.29 is 0 Å². The molecular formula is C9H17NS. The summed E-state index contributed by atoms with van der Waals surface area (Å²) in [7, 11) is 0. The monoisotopic (exact) mass is 171 g/mol. The fourth-order valence-corrected chi connectivity index (χ4v) is 3.69. The lowest BCUT2D eigenvalue weighted by atomic mass is 10.1. The van der Waals surface area contributed by atoms with E-state index in [2.05, 4.69) is 24.0 Å². The molecular weight excluding hydrogens is 154 g/mol. The standard InChI is InChI=1S/C9H17NS/c1-2-5-9(8-3-4-8)10-6-7-11-9/h8,10H,2-7H2,1H3. The molecule has 1 aliphatic carbocycles. The fraction of sp³-hybridized carbons (Fsp3) is 1.00. The predicted molar refractivity (Wildman–Crippen MR) is 50.8 cm³/mol. The van der Waals surface area contributed by atoms with Gasteiger partial charge in [0.2, 0.25) is 0 Å². The molecule has 0 aromatic carbocycles. The predicted octanol–water partition coefficient (Wildman–Crippen LogP) is 2.23. The van der Waals surface area contributed by atoms with Gasteiger partial charge in [0.1, 0.15) is 0 Å². The summed E-state index contributed by atoms with van der Waals surface area (Å²) in [5.41, 5.74) is 0. The van der Waals surface area contributed by atoms with E-state index in [-0.39, 0.29) is 0 Å². The first-order valence-electron chi connectivity index (χ1n) is 4.76. The summed E-state index contributed by atoms with van der Waals surface area (Å²) in [6.07, 6.45) is 5.65. The topological polar surface area (TPSA) is 12.0 Å². The van der Waals surface area contributed by atoms with Crippen LogP contribution in [0.15, 0.2) is 0 Å². The lowest BCUT2D eigenvalue weighted by molar-refractivity contribution is 0.414. The van der Waals surface area contributed by atoms with Crippen molar-refractivity contribution in [2.24, 2.45) is 5.92 Å². The SMILES string of the molecule is CCCC1(C2CC2)NCCS1. The third-order valence-electron chi connectivity index (χ3n) is 2.74. The molecule has 0 amide bonds. The first-order chi connectivity index (χ1) is 5.37. The molecule has 0 radical (unpaired) electrons. The number of rotatable bonds is 3. The van der Waals surface area contributed by atoms with Crippen molar-refractivity contribution in [2.45, 2.75) is 37.5 Å². The van der Waals surface area contributed by atoms with Crippen LogP contribution in [0.5, 0.6) is 0 Å². The molecule has 2 aliphatic rings. The summed E-state index contributed by atoms with van der Waals surface area (Å²) in [5, 5.41) is 3.70. The zero-order valence-corrected chi connectivity index (χ0v) is 8.04. The van der Waals surface area contributed by atoms with Gasteiger partial charge in [-0.15, -0.1) is 11.8 Å². The van der Waals surface area contributed by atoms with Gasteiger partial charge in [0.25, 0.3) is 0 Å². The van der Waals surface area contributed by atoms with Gasteiger partial charge in [0.15, 0.2) is 0 Å². The van der Waals surface area contributed by atoms with Crippen molar-refractivity contribution in [1.82, 2.24) is 5.32 Å². The number of thioether (sulfide) groups is 1. The molecule has 0 bridgehead atoms. The zero-order chi connectivity index (χ0) is 7.73. The van der Waals surface area contributed by atoms with E-state index in [1.54, 1.807) is 0 Å². The van der Waals surface area contributed by atoms with Gasteiger partial charge in [-0.2, -0.15) is 0 Å². The number of hydrogen-bond donors (Lipinski definition) is 1. The lowest BCUT2D eigenvalue weighted by Crippen LogP contribution is -2.39. The van der Waals surface area contributed by atoms with Crippen molar-refractivity contribution in [3.8, 4) is 0 Å². The van der Waals surface area contributed by atoms with Crippen LogP contribution in [0, 0.1) is 5.92 Å². The second kappa shape index (κ2) is 2.98. The smallest absolute Gasteiger partial charge is 0.0674 e. The molecule has 1 N–H and O–H groups in total. The maximum absolute atomic E-state index is 3.70. The summed E-state index contributed by atoms with van der Waals surface area (Å²) in [5.74, 6) is 2.34. The molecule has 0 spiro atoms. The molecule has 1 nitrogen and oxygen atoms in total. The molecule has 1 saturated heterocycles. The van der Waals surface area contributed by atoms with Crippen LogP contribution in [0.2, 0.25) is 0 Å². The van der Waals surface area contributed by atoms with Gasteiger partial charge >= 0.3 is 0 Å². The Morgan fingerprint density at radius 1 is 1.55 bits per heavy atom. The van der Waals surface area contributed by atoms with E-state index in [9.17, 15) is 0 Å². The van der Waals surface area contributed by atoms with Crippen LogP contribution < -0.4 is 5.32 Å². The van der Waals surface area contributed by atoms with Gasteiger partial charge in [-0.05, 0) is 25.2 Å². The maximum Gasteiger partial charge on any atom is 0.0674 e. The Balaban J connectivity index is 1.99. The molecule has 0 aromatic rings. The third kappa shape index (κ3) is 1.43. The first kappa shape index (κ1) is 7.93. The van der Waals surface area contributed by atoms with Crippen molar-refractivity contribution in [3.05, 3.63) is 0 Å². The average molecular weight is 171 g/mol. The minimum atomic E-state index is 0.523. The van der Waals surface area contributed by atoms with Crippen LogP contribution in [-0.2, 0) is 0 Å². The molecule has 1 unspecified atom stereocenters.